The summed E-state index contributed by atoms with van der Waals surface area (Å²) in [6.45, 7) is 4.67. The van der Waals surface area contributed by atoms with Crippen LogP contribution in [0.1, 0.15) is 10.4 Å². The van der Waals surface area contributed by atoms with Crippen LogP contribution in [0.25, 0.3) is 0 Å². The van der Waals surface area contributed by atoms with Crippen molar-refractivity contribution in [2.75, 3.05) is 62.0 Å². The van der Waals surface area contributed by atoms with Crippen molar-refractivity contribution in [1.82, 2.24) is 5.32 Å². The maximum atomic E-state index is 12.1. The molecule has 0 aliphatic carbocycles. The SMILES string of the molecule is COCCNC(=O)c1ccc(N2CCN(c3ccccc3)CC2)c(N)c1. The lowest BCUT2D eigenvalue weighted by molar-refractivity contribution is 0.0937. The smallest absolute Gasteiger partial charge is 0.251 e. The molecule has 3 rings (SSSR count). The Kier molecular flexibility index (Phi) is 5.96. The van der Waals surface area contributed by atoms with Crippen molar-refractivity contribution < 1.29 is 9.53 Å². The van der Waals surface area contributed by atoms with Crippen LogP contribution in [-0.2, 0) is 4.74 Å². The van der Waals surface area contributed by atoms with E-state index >= 15 is 0 Å². The Morgan fingerprint density at radius 3 is 2.42 bits per heavy atom. The number of ether oxygens (including phenoxy) is 1. The number of nitrogen functional groups attached to an aromatic ring is 1. The van der Waals surface area contributed by atoms with E-state index in [4.69, 9.17) is 10.5 Å². The van der Waals surface area contributed by atoms with Crippen LogP contribution in [0, 0.1) is 0 Å². The fourth-order valence-corrected chi connectivity index (χ4v) is 3.20. The quantitative estimate of drug-likeness (QED) is 0.613. The first-order valence-corrected chi connectivity index (χ1v) is 8.90. The van der Waals surface area contributed by atoms with E-state index in [2.05, 4.69) is 39.4 Å². The first-order chi connectivity index (χ1) is 12.7. The van der Waals surface area contributed by atoms with Gasteiger partial charge in [-0.05, 0) is 30.3 Å². The van der Waals surface area contributed by atoms with E-state index in [0.29, 0.717) is 24.4 Å². The van der Waals surface area contributed by atoms with Crippen molar-refractivity contribution in [3.63, 3.8) is 0 Å². The molecule has 26 heavy (non-hydrogen) atoms. The van der Waals surface area contributed by atoms with Crippen molar-refractivity contribution in [1.29, 1.82) is 0 Å². The Morgan fingerprint density at radius 1 is 1.08 bits per heavy atom. The maximum absolute atomic E-state index is 12.1. The third-order valence-corrected chi connectivity index (χ3v) is 4.62. The van der Waals surface area contributed by atoms with Gasteiger partial charge >= 0.3 is 0 Å². The van der Waals surface area contributed by atoms with Crippen molar-refractivity contribution >= 4 is 23.0 Å². The van der Waals surface area contributed by atoms with Crippen molar-refractivity contribution in [3.05, 3.63) is 54.1 Å². The lowest BCUT2D eigenvalue weighted by atomic mass is 10.1. The standard InChI is InChI=1S/C20H26N4O2/c1-26-14-9-22-20(25)16-7-8-19(18(21)15-16)24-12-10-23(11-13-24)17-5-3-2-4-6-17/h2-8,15H,9-14,21H2,1H3,(H,22,25). The highest BCUT2D eigenvalue weighted by molar-refractivity contribution is 5.96. The summed E-state index contributed by atoms with van der Waals surface area (Å²) in [5.74, 6) is -0.130. The predicted octanol–water partition coefficient (Wildman–Crippen LogP) is 1.97. The van der Waals surface area contributed by atoms with Crippen molar-refractivity contribution in [2.45, 2.75) is 0 Å². The summed E-state index contributed by atoms with van der Waals surface area (Å²) >= 11 is 0. The number of piperazine rings is 1. The number of amides is 1. The minimum absolute atomic E-state index is 0.130. The zero-order chi connectivity index (χ0) is 18.4. The molecule has 1 heterocycles. The number of nitrogens with two attached hydrogens (primary N) is 1. The molecule has 0 radical (unpaired) electrons. The number of para-hydroxylation sites is 1. The number of methoxy groups -OCH3 is 1. The number of anilines is 3. The average Bonchev–Trinajstić information content (AvgIpc) is 2.69. The zero-order valence-electron chi connectivity index (χ0n) is 15.1. The van der Waals surface area contributed by atoms with Gasteiger partial charge in [0.05, 0.1) is 18.0 Å². The van der Waals surface area contributed by atoms with E-state index in [-0.39, 0.29) is 5.91 Å². The number of carbonyl (C=O) groups excluding carboxylic acids is 1. The van der Waals surface area contributed by atoms with Crippen LogP contribution in [0.4, 0.5) is 17.1 Å². The second-order valence-corrected chi connectivity index (χ2v) is 6.33. The molecule has 0 saturated carbocycles. The second-order valence-electron chi connectivity index (χ2n) is 6.33. The van der Waals surface area contributed by atoms with Gasteiger partial charge in [-0.3, -0.25) is 4.79 Å². The first-order valence-electron chi connectivity index (χ1n) is 8.90. The summed E-state index contributed by atoms with van der Waals surface area (Å²) in [5, 5.41) is 2.81. The number of rotatable bonds is 6. The Bertz CT molecular complexity index is 728. The topological polar surface area (TPSA) is 70.8 Å². The normalized spacial score (nSPS) is 14.3. The van der Waals surface area contributed by atoms with Crippen LogP contribution in [0.3, 0.4) is 0 Å². The monoisotopic (exact) mass is 354 g/mol. The Balaban J connectivity index is 1.61. The predicted molar refractivity (Wildman–Crippen MR) is 106 cm³/mol. The van der Waals surface area contributed by atoms with Crippen LogP contribution in [0.2, 0.25) is 0 Å². The van der Waals surface area contributed by atoms with E-state index < -0.39 is 0 Å². The molecule has 3 N–H and O–H groups in total. The van der Waals surface area contributed by atoms with Gasteiger partial charge in [0.25, 0.3) is 5.91 Å². The van der Waals surface area contributed by atoms with E-state index in [0.717, 1.165) is 31.9 Å². The molecule has 2 aromatic carbocycles. The molecule has 0 spiro atoms. The number of carbonyl (C=O) groups is 1. The van der Waals surface area contributed by atoms with Crippen LogP contribution in [0.5, 0.6) is 0 Å². The summed E-state index contributed by atoms with van der Waals surface area (Å²) < 4.78 is 4.94. The largest absolute Gasteiger partial charge is 0.397 e. The lowest BCUT2D eigenvalue weighted by Gasteiger charge is -2.37. The number of hydrogen-bond acceptors (Lipinski definition) is 5. The summed E-state index contributed by atoms with van der Waals surface area (Å²) in [6, 6.07) is 16.0. The summed E-state index contributed by atoms with van der Waals surface area (Å²) in [6.07, 6.45) is 0. The number of nitrogens with zero attached hydrogens (tertiary/aromatic N) is 2. The van der Waals surface area contributed by atoms with Crippen LogP contribution >= 0.6 is 0 Å². The third kappa shape index (κ3) is 4.26. The molecule has 1 aliphatic rings. The van der Waals surface area contributed by atoms with Gasteiger partial charge in [0, 0.05) is 51.1 Å². The molecule has 0 unspecified atom stereocenters. The molecule has 1 aliphatic heterocycles. The number of benzene rings is 2. The Labute approximate surface area is 154 Å². The van der Waals surface area contributed by atoms with Gasteiger partial charge in [-0.15, -0.1) is 0 Å². The van der Waals surface area contributed by atoms with Gasteiger partial charge in [0.1, 0.15) is 0 Å². The molecular formula is C20H26N4O2. The maximum Gasteiger partial charge on any atom is 0.251 e. The van der Waals surface area contributed by atoms with Gasteiger partial charge < -0.3 is 25.6 Å². The zero-order valence-corrected chi connectivity index (χ0v) is 15.1. The minimum Gasteiger partial charge on any atom is -0.397 e. The summed E-state index contributed by atoms with van der Waals surface area (Å²) in [5.41, 5.74) is 9.69. The molecule has 1 saturated heterocycles. The van der Waals surface area contributed by atoms with Gasteiger partial charge in [-0.25, -0.2) is 0 Å². The number of hydrogen-bond donors (Lipinski definition) is 2. The van der Waals surface area contributed by atoms with Gasteiger partial charge in [0.2, 0.25) is 0 Å². The number of nitrogens with one attached hydrogen (secondary N) is 1. The molecule has 138 valence electrons. The molecule has 1 amide bonds. The lowest BCUT2D eigenvalue weighted by Crippen LogP contribution is -2.46. The second kappa shape index (κ2) is 8.58. The highest BCUT2D eigenvalue weighted by Crippen LogP contribution is 2.26. The van der Waals surface area contributed by atoms with E-state index in [9.17, 15) is 4.79 Å². The molecule has 6 nitrogen and oxygen atoms in total. The Hall–Kier alpha value is -2.73. The van der Waals surface area contributed by atoms with Gasteiger partial charge in [0.15, 0.2) is 0 Å². The molecule has 0 aromatic heterocycles. The van der Waals surface area contributed by atoms with Gasteiger partial charge in [-0.2, -0.15) is 0 Å². The van der Waals surface area contributed by atoms with E-state index in [1.54, 1.807) is 13.2 Å². The summed E-state index contributed by atoms with van der Waals surface area (Å²) in [4.78, 5) is 16.8. The van der Waals surface area contributed by atoms with Crippen molar-refractivity contribution in [2.24, 2.45) is 0 Å². The molecule has 1 fully saturated rings. The highest BCUT2D eigenvalue weighted by Gasteiger charge is 2.19. The molecule has 0 atom stereocenters. The van der Waals surface area contributed by atoms with Crippen LogP contribution in [0.15, 0.2) is 48.5 Å². The average molecular weight is 354 g/mol. The van der Waals surface area contributed by atoms with E-state index in [1.165, 1.54) is 5.69 Å². The molecule has 0 bridgehead atoms. The van der Waals surface area contributed by atoms with Crippen LogP contribution in [-0.4, -0.2) is 52.3 Å². The van der Waals surface area contributed by atoms with Crippen molar-refractivity contribution in [3.8, 4) is 0 Å². The first kappa shape index (κ1) is 18.1. The molecule has 2 aromatic rings. The molecule has 6 heteroatoms. The minimum atomic E-state index is -0.130. The fraction of sp³-hybridized carbons (Fsp3) is 0.350. The van der Waals surface area contributed by atoms with Gasteiger partial charge in [-0.1, -0.05) is 18.2 Å². The Morgan fingerprint density at radius 2 is 1.77 bits per heavy atom. The fourth-order valence-electron chi connectivity index (χ4n) is 3.20. The third-order valence-electron chi connectivity index (χ3n) is 4.62. The highest BCUT2D eigenvalue weighted by atomic mass is 16.5. The van der Waals surface area contributed by atoms with Crippen LogP contribution < -0.4 is 20.9 Å². The van der Waals surface area contributed by atoms with E-state index in [1.807, 2.05) is 18.2 Å². The summed E-state index contributed by atoms with van der Waals surface area (Å²) in [7, 11) is 1.61. The molecular weight excluding hydrogens is 328 g/mol.